The van der Waals surface area contributed by atoms with Gasteiger partial charge in [-0.1, -0.05) is 12.1 Å². The van der Waals surface area contributed by atoms with E-state index in [9.17, 15) is 13.2 Å². The van der Waals surface area contributed by atoms with Crippen molar-refractivity contribution in [3.63, 3.8) is 0 Å². The van der Waals surface area contributed by atoms with Crippen LogP contribution in [0.5, 0.6) is 5.75 Å². The maximum absolute atomic E-state index is 12.7. The molecule has 4 rings (SSSR count). The molecule has 0 bridgehead atoms. The molecule has 0 unspecified atom stereocenters. The zero-order chi connectivity index (χ0) is 22.0. The molecule has 168 valence electrons. The molecule has 0 saturated carbocycles. The lowest BCUT2D eigenvalue weighted by atomic mass is 10.2. The number of nitrogens with zero attached hydrogens (tertiary/aromatic N) is 5. The number of carbonyl (C=O) groups excluding carboxylic acids is 1. The number of hydrogen-bond acceptors (Lipinski definition) is 7. The lowest BCUT2D eigenvalue weighted by Gasteiger charge is -2.36. The smallest absolute Gasteiger partial charge is 0.335 e. The molecule has 3 heterocycles. The molecule has 31 heavy (non-hydrogen) atoms. The van der Waals surface area contributed by atoms with Crippen molar-refractivity contribution in [3.8, 4) is 5.75 Å². The maximum Gasteiger partial charge on any atom is 0.335 e. The summed E-state index contributed by atoms with van der Waals surface area (Å²) >= 11 is 0. The van der Waals surface area contributed by atoms with Crippen molar-refractivity contribution in [2.24, 2.45) is 7.05 Å². The van der Waals surface area contributed by atoms with E-state index in [0.29, 0.717) is 6.42 Å². The van der Waals surface area contributed by atoms with Crippen molar-refractivity contribution in [3.05, 3.63) is 30.5 Å². The van der Waals surface area contributed by atoms with Crippen LogP contribution in [0.25, 0.3) is 0 Å². The topological polar surface area (TPSA) is 100 Å². The van der Waals surface area contributed by atoms with Crippen LogP contribution in [0, 0.1) is 0 Å². The molecular weight excluding hydrogens is 420 g/mol. The minimum absolute atomic E-state index is 0.0953. The molecule has 0 radical (unpaired) electrons. The Balaban J connectivity index is 1.25. The van der Waals surface area contributed by atoms with Crippen LogP contribution in [-0.4, -0.2) is 79.8 Å². The first-order valence-corrected chi connectivity index (χ1v) is 11.8. The monoisotopic (exact) mass is 448 g/mol. The number of amides is 2. The number of methoxy groups -OCH3 is 1. The summed E-state index contributed by atoms with van der Waals surface area (Å²) < 4.78 is 33.2. The summed E-state index contributed by atoms with van der Waals surface area (Å²) in [5, 5.41) is 6.49. The van der Waals surface area contributed by atoms with E-state index in [0.717, 1.165) is 54.9 Å². The Bertz CT molecular complexity index is 1050. The molecule has 2 aromatic rings. The van der Waals surface area contributed by atoms with Gasteiger partial charge in [0.1, 0.15) is 11.4 Å². The molecule has 2 amide bonds. The van der Waals surface area contributed by atoms with Crippen molar-refractivity contribution >= 4 is 27.4 Å². The minimum atomic E-state index is -3.90. The van der Waals surface area contributed by atoms with Gasteiger partial charge in [-0.3, -0.25) is 9.58 Å². The number of unbranched alkanes of at least 4 members (excludes halogenated alkanes) is 1. The van der Waals surface area contributed by atoms with E-state index in [1.54, 1.807) is 14.2 Å². The largest absolute Gasteiger partial charge is 0.495 e. The lowest BCUT2D eigenvalue weighted by molar-refractivity contribution is 0.230. The molecule has 1 fully saturated rings. The van der Waals surface area contributed by atoms with E-state index in [-0.39, 0.29) is 17.3 Å². The van der Waals surface area contributed by atoms with E-state index in [2.05, 4.69) is 26.3 Å². The third-order valence-corrected chi connectivity index (χ3v) is 7.40. The van der Waals surface area contributed by atoms with Crippen LogP contribution >= 0.6 is 0 Å². The highest BCUT2D eigenvalue weighted by molar-refractivity contribution is 7.89. The normalized spacial score (nSPS) is 18.6. The fraction of sp³-hybridized carbons (Fsp3) is 0.500. The van der Waals surface area contributed by atoms with Crippen LogP contribution in [0.2, 0.25) is 0 Å². The number of urea groups is 1. The predicted octanol–water partition coefficient (Wildman–Crippen LogP) is 1.57. The van der Waals surface area contributed by atoms with Gasteiger partial charge in [0.25, 0.3) is 10.0 Å². The molecule has 11 heteroatoms. The SMILES string of the molecule is COc1ccccc1N1CCN(CCCCN2C(=O)Nc3cn(C)nc3S2(=O)=O)CC1. The molecule has 1 aromatic heterocycles. The van der Waals surface area contributed by atoms with Crippen LogP contribution < -0.4 is 15.0 Å². The van der Waals surface area contributed by atoms with Gasteiger partial charge in [-0.05, 0) is 31.5 Å². The zero-order valence-electron chi connectivity index (χ0n) is 17.8. The summed E-state index contributed by atoms with van der Waals surface area (Å²) in [6, 6.07) is 7.41. The van der Waals surface area contributed by atoms with Gasteiger partial charge >= 0.3 is 6.03 Å². The number of hydrogen-bond donors (Lipinski definition) is 1. The number of rotatable bonds is 7. The van der Waals surface area contributed by atoms with E-state index >= 15 is 0 Å². The molecule has 2 aliphatic heterocycles. The number of piperazine rings is 1. The third kappa shape index (κ3) is 4.33. The van der Waals surface area contributed by atoms with Crippen molar-refractivity contribution in [2.75, 3.05) is 56.6 Å². The number of fused-ring (bicyclic) bond motifs is 1. The van der Waals surface area contributed by atoms with Gasteiger partial charge in [-0.25, -0.2) is 9.10 Å². The van der Waals surface area contributed by atoms with Gasteiger partial charge < -0.3 is 15.0 Å². The third-order valence-electron chi connectivity index (χ3n) is 5.68. The number of ether oxygens (including phenoxy) is 1. The van der Waals surface area contributed by atoms with Crippen molar-refractivity contribution in [1.82, 2.24) is 19.0 Å². The molecule has 0 aliphatic carbocycles. The highest BCUT2D eigenvalue weighted by Crippen LogP contribution is 2.29. The fourth-order valence-corrected chi connectivity index (χ4v) is 5.51. The summed E-state index contributed by atoms with van der Waals surface area (Å²) in [6.45, 7) is 4.68. The predicted molar refractivity (Wildman–Crippen MR) is 117 cm³/mol. The number of nitrogens with one attached hydrogen (secondary N) is 1. The Labute approximate surface area is 182 Å². The molecule has 1 aromatic carbocycles. The second kappa shape index (κ2) is 8.75. The van der Waals surface area contributed by atoms with Crippen LogP contribution in [0.3, 0.4) is 0 Å². The summed E-state index contributed by atoms with van der Waals surface area (Å²) in [5.74, 6) is 0.882. The first-order chi connectivity index (χ1) is 14.9. The average Bonchev–Trinajstić information content (AvgIpc) is 3.14. The molecule has 10 nitrogen and oxygen atoms in total. The Morgan fingerprint density at radius 1 is 1.10 bits per heavy atom. The Morgan fingerprint density at radius 2 is 1.81 bits per heavy atom. The molecule has 2 aliphatic rings. The van der Waals surface area contributed by atoms with E-state index in [1.807, 2.05) is 18.2 Å². The number of aryl methyl sites for hydroxylation is 1. The molecule has 0 atom stereocenters. The Hall–Kier alpha value is -2.79. The van der Waals surface area contributed by atoms with Gasteiger partial charge in [0.2, 0.25) is 5.03 Å². The van der Waals surface area contributed by atoms with Crippen molar-refractivity contribution in [1.29, 1.82) is 0 Å². The summed E-state index contributed by atoms with van der Waals surface area (Å²) in [7, 11) is -0.594. The van der Waals surface area contributed by atoms with Crippen LogP contribution in [-0.2, 0) is 17.1 Å². The molecule has 0 spiro atoms. The van der Waals surface area contributed by atoms with Gasteiger partial charge in [0.05, 0.1) is 12.8 Å². The van der Waals surface area contributed by atoms with Crippen molar-refractivity contribution < 1.29 is 17.9 Å². The highest BCUT2D eigenvalue weighted by atomic mass is 32.2. The summed E-state index contributed by atoms with van der Waals surface area (Å²) in [6.07, 6.45) is 2.90. The number of benzene rings is 1. The average molecular weight is 449 g/mol. The highest BCUT2D eigenvalue weighted by Gasteiger charge is 2.38. The number of anilines is 2. The van der Waals surface area contributed by atoms with Crippen LogP contribution in [0.1, 0.15) is 12.8 Å². The van der Waals surface area contributed by atoms with Gasteiger partial charge in [-0.15, -0.1) is 0 Å². The van der Waals surface area contributed by atoms with Crippen molar-refractivity contribution in [2.45, 2.75) is 17.9 Å². The van der Waals surface area contributed by atoms with E-state index in [4.69, 9.17) is 4.74 Å². The first kappa shape index (κ1) is 21.4. The summed E-state index contributed by atoms with van der Waals surface area (Å²) in [5.41, 5.74) is 1.34. The maximum atomic E-state index is 12.7. The van der Waals surface area contributed by atoms with Gasteiger partial charge in [0, 0.05) is 46.0 Å². The zero-order valence-corrected chi connectivity index (χ0v) is 18.6. The standard InChI is InChI=1S/C20H28N6O4S/c1-23-15-16-19(22-23)31(28,29)26(20(27)21-16)10-6-5-9-24-11-13-25(14-12-24)17-7-3-4-8-18(17)30-2/h3-4,7-8,15H,5-6,9-14H2,1-2H3,(H,21,27). The minimum Gasteiger partial charge on any atom is -0.495 e. The number of sulfonamides is 1. The quantitative estimate of drug-likeness (QED) is 0.642. The molecule has 1 N–H and O–H groups in total. The van der Waals surface area contributed by atoms with Gasteiger partial charge in [0.15, 0.2) is 0 Å². The second-order valence-electron chi connectivity index (χ2n) is 7.74. The molecule has 1 saturated heterocycles. The van der Waals surface area contributed by atoms with Crippen LogP contribution in [0.4, 0.5) is 16.2 Å². The number of para-hydroxylation sites is 2. The number of carbonyl (C=O) groups is 1. The second-order valence-corrected chi connectivity index (χ2v) is 9.51. The van der Waals surface area contributed by atoms with E-state index in [1.165, 1.54) is 10.9 Å². The fourth-order valence-electron chi connectivity index (χ4n) is 4.05. The Kier molecular flexibility index (Phi) is 6.05. The lowest BCUT2D eigenvalue weighted by Crippen LogP contribution is -2.47. The number of aromatic nitrogens is 2. The van der Waals surface area contributed by atoms with E-state index < -0.39 is 16.1 Å². The molecular formula is C20H28N6O4S. The first-order valence-electron chi connectivity index (χ1n) is 10.4. The summed E-state index contributed by atoms with van der Waals surface area (Å²) in [4.78, 5) is 17.0. The Morgan fingerprint density at radius 3 is 2.55 bits per heavy atom. The van der Waals surface area contributed by atoms with Crippen LogP contribution in [0.15, 0.2) is 35.5 Å². The van der Waals surface area contributed by atoms with Gasteiger partial charge in [-0.2, -0.15) is 13.5 Å².